The second-order valence-corrected chi connectivity index (χ2v) is 6.38. The van der Waals surface area contributed by atoms with Crippen LogP contribution in [0.3, 0.4) is 0 Å². The molecule has 0 saturated heterocycles. The lowest BCUT2D eigenvalue weighted by molar-refractivity contribution is -0.118. The number of ether oxygens (including phenoxy) is 1. The topological polar surface area (TPSA) is 50.4 Å². The molecule has 0 aromatic heterocycles. The van der Waals surface area contributed by atoms with Gasteiger partial charge in [-0.05, 0) is 49.4 Å². The first kappa shape index (κ1) is 14.4. The van der Waals surface area contributed by atoms with Crippen LogP contribution >= 0.6 is 0 Å². The van der Waals surface area contributed by atoms with Crippen LogP contribution in [0.4, 0.5) is 5.69 Å². The molecular weight excluding hydrogens is 264 g/mol. The van der Waals surface area contributed by atoms with Crippen LogP contribution in [-0.2, 0) is 4.79 Å². The summed E-state index contributed by atoms with van der Waals surface area (Å²) in [4.78, 5) is 11.5. The van der Waals surface area contributed by atoms with E-state index in [0.717, 1.165) is 17.4 Å². The Morgan fingerprint density at radius 2 is 2.05 bits per heavy atom. The third kappa shape index (κ3) is 3.05. The van der Waals surface area contributed by atoms with E-state index in [1.807, 2.05) is 13.1 Å². The Bertz CT molecular complexity index is 522. The van der Waals surface area contributed by atoms with Crippen molar-refractivity contribution in [1.82, 2.24) is 5.32 Å². The fourth-order valence-electron chi connectivity index (χ4n) is 3.59. The summed E-state index contributed by atoms with van der Waals surface area (Å²) in [5.74, 6) is 2.22. The van der Waals surface area contributed by atoms with Crippen LogP contribution in [0.1, 0.15) is 44.2 Å². The van der Waals surface area contributed by atoms with Crippen LogP contribution in [0, 0.1) is 11.8 Å². The summed E-state index contributed by atoms with van der Waals surface area (Å²) >= 11 is 0. The highest BCUT2D eigenvalue weighted by Gasteiger charge is 2.27. The number of hydrogen-bond donors (Lipinski definition) is 2. The Balaban J connectivity index is 1.81. The van der Waals surface area contributed by atoms with Gasteiger partial charge in [-0.3, -0.25) is 4.79 Å². The standard InChI is InChI=1S/C17H24N2O2/c1-11-3-5-12(6-4-11)17(18-2)13-7-8-15-14(9-13)19-16(20)10-21-15/h7-9,11-12,17-18H,3-6,10H2,1-2H3,(H,19,20). The van der Waals surface area contributed by atoms with Crippen LogP contribution < -0.4 is 15.4 Å². The van der Waals surface area contributed by atoms with E-state index in [1.165, 1.54) is 31.2 Å². The Morgan fingerprint density at radius 3 is 2.76 bits per heavy atom. The highest BCUT2D eigenvalue weighted by Crippen LogP contribution is 2.39. The van der Waals surface area contributed by atoms with Crippen LogP contribution in [0.5, 0.6) is 5.75 Å². The van der Waals surface area contributed by atoms with E-state index < -0.39 is 0 Å². The fourth-order valence-corrected chi connectivity index (χ4v) is 3.59. The molecule has 4 nitrogen and oxygen atoms in total. The number of hydrogen-bond acceptors (Lipinski definition) is 3. The molecule has 21 heavy (non-hydrogen) atoms. The maximum atomic E-state index is 11.5. The van der Waals surface area contributed by atoms with E-state index in [-0.39, 0.29) is 12.5 Å². The van der Waals surface area contributed by atoms with E-state index >= 15 is 0 Å². The Hall–Kier alpha value is -1.55. The smallest absolute Gasteiger partial charge is 0.262 e. The maximum Gasteiger partial charge on any atom is 0.262 e. The van der Waals surface area contributed by atoms with Gasteiger partial charge >= 0.3 is 0 Å². The summed E-state index contributed by atoms with van der Waals surface area (Å²) in [5, 5.41) is 6.36. The van der Waals surface area contributed by atoms with Crippen molar-refractivity contribution in [3.63, 3.8) is 0 Å². The molecule has 1 saturated carbocycles. The van der Waals surface area contributed by atoms with Crippen molar-refractivity contribution in [2.75, 3.05) is 19.0 Å². The van der Waals surface area contributed by atoms with Gasteiger partial charge in [-0.15, -0.1) is 0 Å². The van der Waals surface area contributed by atoms with E-state index in [2.05, 4.69) is 29.7 Å². The van der Waals surface area contributed by atoms with Gasteiger partial charge in [-0.1, -0.05) is 25.8 Å². The molecule has 1 atom stereocenters. The highest BCUT2D eigenvalue weighted by molar-refractivity contribution is 5.95. The third-order valence-electron chi connectivity index (χ3n) is 4.84. The summed E-state index contributed by atoms with van der Waals surface area (Å²) in [6.07, 6.45) is 5.17. The number of carbonyl (C=O) groups is 1. The lowest BCUT2D eigenvalue weighted by Crippen LogP contribution is -2.29. The zero-order chi connectivity index (χ0) is 14.8. The van der Waals surface area contributed by atoms with E-state index in [4.69, 9.17) is 4.74 Å². The Morgan fingerprint density at radius 1 is 1.29 bits per heavy atom. The van der Waals surface area contributed by atoms with Crippen LogP contribution in [0.2, 0.25) is 0 Å². The van der Waals surface area contributed by atoms with Crippen LogP contribution in [0.15, 0.2) is 18.2 Å². The molecule has 4 heteroatoms. The lowest BCUT2D eigenvalue weighted by atomic mass is 9.77. The number of benzene rings is 1. The van der Waals surface area contributed by atoms with Gasteiger partial charge in [0.05, 0.1) is 5.69 Å². The first-order chi connectivity index (χ1) is 10.2. The van der Waals surface area contributed by atoms with Crippen molar-refractivity contribution in [3.8, 4) is 5.75 Å². The predicted molar refractivity (Wildman–Crippen MR) is 83.5 cm³/mol. The van der Waals surface area contributed by atoms with E-state index in [1.54, 1.807) is 0 Å². The van der Waals surface area contributed by atoms with Gasteiger partial charge in [0, 0.05) is 6.04 Å². The Kier molecular flexibility index (Phi) is 4.15. The number of carbonyl (C=O) groups excluding carboxylic acids is 1. The zero-order valence-corrected chi connectivity index (χ0v) is 12.8. The van der Waals surface area contributed by atoms with E-state index in [0.29, 0.717) is 12.0 Å². The summed E-state index contributed by atoms with van der Waals surface area (Å²) in [6, 6.07) is 6.50. The SMILES string of the molecule is CNC(c1ccc2c(c1)NC(=O)CO2)C1CCC(C)CC1. The maximum absolute atomic E-state index is 11.5. The molecule has 1 aliphatic heterocycles. The number of amides is 1. The minimum Gasteiger partial charge on any atom is -0.482 e. The molecule has 1 heterocycles. The molecule has 2 N–H and O–H groups in total. The predicted octanol–water partition coefficient (Wildman–Crippen LogP) is 3.10. The molecule has 1 aliphatic carbocycles. The van der Waals surface area contributed by atoms with Crippen molar-refractivity contribution in [2.45, 2.75) is 38.6 Å². The second-order valence-electron chi connectivity index (χ2n) is 6.38. The van der Waals surface area contributed by atoms with Gasteiger partial charge in [-0.25, -0.2) is 0 Å². The van der Waals surface area contributed by atoms with Gasteiger partial charge in [0.1, 0.15) is 5.75 Å². The molecule has 0 bridgehead atoms. The zero-order valence-electron chi connectivity index (χ0n) is 12.8. The van der Waals surface area contributed by atoms with Crippen molar-refractivity contribution in [3.05, 3.63) is 23.8 Å². The molecule has 0 radical (unpaired) electrons. The number of nitrogens with one attached hydrogen (secondary N) is 2. The number of rotatable bonds is 3. The first-order valence-corrected chi connectivity index (χ1v) is 7.91. The molecule has 1 unspecified atom stereocenters. The van der Waals surface area contributed by atoms with Gasteiger partial charge in [0.25, 0.3) is 5.91 Å². The molecule has 1 amide bonds. The van der Waals surface area contributed by atoms with Gasteiger partial charge in [0.15, 0.2) is 6.61 Å². The highest BCUT2D eigenvalue weighted by atomic mass is 16.5. The Labute approximate surface area is 126 Å². The van der Waals surface area contributed by atoms with Crippen molar-refractivity contribution < 1.29 is 9.53 Å². The van der Waals surface area contributed by atoms with Crippen molar-refractivity contribution in [1.29, 1.82) is 0 Å². The van der Waals surface area contributed by atoms with Crippen molar-refractivity contribution >= 4 is 11.6 Å². The molecule has 0 spiro atoms. The monoisotopic (exact) mass is 288 g/mol. The minimum absolute atomic E-state index is 0.0767. The molecule has 1 aromatic rings. The quantitative estimate of drug-likeness (QED) is 0.898. The summed E-state index contributed by atoms with van der Waals surface area (Å²) in [6.45, 7) is 2.46. The molecule has 3 rings (SSSR count). The number of fused-ring (bicyclic) bond motifs is 1. The van der Waals surface area contributed by atoms with Gasteiger partial charge < -0.3 is 15.4 Å². The van der Waals surface area contributed by atoms with Crippen molar-refractivity contribution in [2.24, 2.45) is 11.8 Å². The molecule has 1 fully saturated rings. The van der Waals surface area contributed by atoms with Gasteiger partial charge in [-0.2, -0.15) is 0 Å². The molecule has 114 valence electrons. The second kappa shape index (κ2) is 6.06. The molecule has 2 aliphatic rings. The largest absolute Gasteiger partial charge is 0.482 e. The lowest BCUT2D eigenvalue weighted by Gasteiger charge is -2.33. The average Bonchev–Trinajstić information content (AvgIpc) is 2.49. The van der Waals surface area contributed by atoms with Crippen LogP contribution in [-0.4, -0.2) is 19.6 Å². The summed E-state index contributed by atoms with van der Waals surface area (Å²) < 4.78 is 5.43. The van der Waals surface area contributed by atoms with Gasteiger partial charge in [0.2, 0.25) is 0 Å². The first-order valence-electron chi connectivity index (χ1n) is 7.91. The van der Waals surface area contributed by atoms with Crippen LogP contribution in [0.25, 0.3) is 0 Å². The fraction of sp³-hybridized carbons (Fsp3) is 0.588. The average molecular weight is 288 g/mol. The normalized spacial score (nSPS) is 26.5. The van der Waals surface area contributed by atoms with E-state index in [9.17, 15) is 4.79 Å². The summed E-state index contributed by atoms with van der Waals surface area (Å²) in [7, 11) is 2.03. The molecular formula is C17H24N2O2. The molecule has 1 aromatic carbocycles. The summed E-state index contributed by atoms with van der Waals surface area (Å²) in [5.41, 5.74) is 2.04. The third-order valence-corrected chi connectivity index (χ3v) is 4.84. The number of anilines is 1. The minimum atomic E-state index is -0.0767.